The van der Waals surface area contributed by atoms with Crippen LogP contribution < -0.4 is 10.6 Å². The van der Waals surface area contributed by atoms with E-state index >= 15 is 0 Å². The maximum absolute atomic E-state index is 13.3. The minimum Gasteiger partial charge on any atom is -0.468 e. The van der Waals surface area contributed by atoms with Crippen molar-refractivity contribution in [1.82, 2.24) is 10.6 Å². The third-order valence-electron chi connectivity index (χ3n) is 5.93. The minimum absolute atomic E-state index is 0.197. The zero-order chi connectivity index (χ0) is 24.5. The second-order valence-electron chi connectivity index (χ2n) is 9.35. The molecule has 6 atom stereocenters. The second-order valence-corrected chi connectivity index (χ2v) is 11.5. The number of hydrogen-bond acceptors (Lipinski definition) is 9. The van der Waals surface area contributed by atoms with Crippen molar-refractivity contribution >= 4 is 34.3 Å². The number of amides is 2. The van der Waals surface area contributed by atoms with Crippen LogP contribution in [-0.2, 0) is 38.4 Å². The first-order valence-electron chi connectivity index (χ1n) is 10.4. The molecule has 2 fully saturated rings. The lowest BCUT2D eigenvalue weighted by Crippen LogP contribution is -2.64. The van der Waals surface area contributed by atoms with Crippen LogP contribution in [0.15, 0.2) is 0 Å². The average molecular weight is 477 g/mol. The lowest BCUT2D eigenvalue weighted by molar-refractivity contribution is -0.151. The Balaban J connectivity index is 2.32. The van der Waals surface area contributed by atoms with Crippen LogP contribution in [0.3, 0.4) is 0 Å². The molecule has 1 aliphatic heterocycles. The molecule has 182 valence electrons. The summed E-state index contributed by atoms with van der Waals surface area (Å²) in [5.41, 5.74) is -2.63. The zero-order valence-corrected chi connectivity index (χ0v) is 20.0. The van der Waals surface area contributed by atoms with Gasteiger partial charge in [-0.1, -0.05) is 20.3 Å². The van der Waals surface area contributed by atoms with Crippen LogP contribution in [0.1, 0.15) is 41.0 Å². The first-order chi connectivity index (χ1) is 14.7. The van der Waals surface area contributed by atoms with Gasteiger partial charge in [-0.2, -0.15) is 0 Å². The van der Waals surface area contributed by atoms with Crippen LogP contribution in [0, 0.1) is 17.8 Å². The summed E-state index contributed by atoms with van der Waals surface area (Å²) >= 11 is 0. The third-order valence-corrected chi connectivity index (χ3v) is 8.26. The van der Waals surface area contributed by atoms with Gasteiger partial charge in [-0.15, -0.1) is 0 Å². The molecule has 1 heterocycles. The van der Waals surface area contributed by atoms with E-state index in [4.69, 9.17) is 14.2 Å². The number of esters is 1. The maximum Gasteiger partial charge on any atom is 0.408 e. The first kappa shape index (κ1) is 25.9. The van der Waals surface area contributed by atoms with Crippen LogP contribution in [0.25, 0.3) is 0 Å². The van der Waals surface area contributed by atoms with Crippen molar-refractivity contribution in [1.29, 1.82) is 0 Å². The van der Waals surface area contributed by atoms with E-state index in [2.05, 4.69) is 10.6 Å². The summed E-state index contributed by atoms with van der Waals surface area (Å²) in [5, 5.41) is 4.17. The molecule has 32 heavy (non-hydrogen) atoms. The molecule has 0 aromatic heterocycles. The van der Waals surface area contributed by atoms with Gasteiger partial charge in [-0.25, -0.2) is 18.0 Å². The molecular weight excluding hydrogens is 444 g/mol. The molecular formula is C20H32N2O9S. The van der Waals surface area contributed by atoms with Gasteiger partial charge in [0.25, 0.3) is 6.47 Å². The van der Waals surface area contributed by atoms with E-state index < -0.39 is 67.8 Å². The zero-order valence-electron chi connectivity index (χ0n) is 19.2. The number of carbonyl (C=O) groups is 4. The van der Waals surface area contributed by atoms with Crippen molar-refractivity contribution in [2.45, 2.75) is 63.5 Å². The van der Waals surface area contributed by atoms with E-state index in [1.54, 1.807) is 27.7 Å². The molecule has 12 heteroatoms. The number of ether oxygens (including phenoxy) is 3. The standard InChI is InChI=1S/C20H32N2O9S/c1-7-11(2)14(21-18(26)31-19(3,4)5)16(24)22-20(17(25)29-6)9-32(27,28)15-12(13(15)20)8-30-10-23/h10-15H,7-9H2,1-6H3,(H,21,26)(H,22,24)/t11-,12+,13+,14-,15-,20-/m0/s1. The van der Waals surface area contributed by atoms with E-state index in [1.807, 2.05) is 6.92 Å². The van der Waals surface area contributed by atoms with E-state index in [0.717, 1.165) is 7.11 Å². The second kappa shape index (κ2) is 9.24. The average Bonchev–Trinajstić information content (AvgIpc) is 3.37. The predicted molar refractivity (Wildman–Crippen MR) is 112 cm³/mol. The number of hydrogen-bond donors (Lipinski definition) is 2. The lowest BCUT2D eigenvalue weighted by Gasteiger charge is -2.33. The van der Waals surface area contributed by atoms with Crippen molar-refractivity contribution in [3.05, 3.63) is 0 Å². The molecule has 0 aromatic carbocycles. The Morgan fingerprint density at radius 2 is 1.88 bits per heavy atom. The van der Waals surface area contributed by atoms with Gasteiger partial charge in [-0.3, -0.25) is 9.59 Å². The van der Waals surface area contributed by atoms with Gasteiger partial charge in [0.05, 0.1) is 24.7 Å². The summed E-state index contributed by atoms with van der Waals surface area (Å²) in [6.07, 6.45) is -0.301. The molecule has 0 radical (unpaired) electrons. The molecule has 2 aliphatic rings. The summed E-state index contributed by atoms with van der Waals surface area (Å²) in [6.45, 7) is 8.58. The first-order valence-corrected chi connectivity index (χ1v) is 12.1. The fraction of sp³-hybridized carbons (Fsp3) is 0.800. The summed E-state index contributed by atoms with van der Waals surface area (Å²) in [4.78, 5) is 48.9. The van der Waals surface area contributed by atoms with Gasteiger partial charge in [0.1, 0.15) is 11.6 Å². The van der Waals surface area contributed by atoms with Crippen LogP contribution in [-0.4, -0.2) is 74.8 Å². The van der Waals surface area contributed by atoms with Crippen molar-refractivity contribution in [3.63, 3.8) is 0 Å². The van der Waals surface area contributed by atoms with Gasteiger partial charge in [0, 0.05) is 11.8 Å². The van der Waals surface area contributed by atoms with Crippen molar-refractivity contribution < 1.29 is 41.8 Å². The van der Waals surface area contributed by atoms with Gasteiger partial charge in [0.15, 0.2) is 15.4 Å². The van der Waals surface area contributed by atoms with Crippen LogP contribution in [0.4, 0.5) is 4.79 Å². The van der Waals surface area contributed by atoms with Gasteiger partial charge in [0.2, 0.25) is 5.91 Å². The fourth-order valence-corrected chi connectivity index (χ4v) is 7.10. The largest absolute Gasteiger partial charge is 0.468 e. The summed E-state index contributed by atoms with van der Waals surface area (Å²) in [7, 11) is -2.66. The molecule has 1 saturated heterocycles. The number of fused-ring (bicyclic) bond motifs is 1. The monoisotopic (exact) mass is 476 g/mol. The molecule has 2 N–H and O–H groups in total. The Kier molecular flexibility index (Phi) is 7.48. The summed E-state index contributed by atoms with van der Waals surface area (Å²) in [5.74, 6) is -4.06. The van der Waals surface area contributed by atoms with E-state index in [0.29, 0.717) is 6.42 Å². The Morgan fingerprint density at radius 1 is 1.25 bits per heavy atom. The molecule has 0 spiro atoms. The highest BCUT2D eigenvalue weighted by Crippen LogP contribution is 2.58. The smallest absolute Gasteiger partial charge is 0.408 e. The van der Waals surface area contributed by atoms with Crippen molar-refractivity contribution in [3.8, 4) is 0 Å². The molecule has 0 aromatic rings. The highest BCUT2D eigenvalue weighted by atomic mass is 32.2. The normalized spacial score (nSPS) is 29.6. The minimum atomic E-state index is -3.76. The third kappa shape index (κ3) is 5.16. The molecule has 0 bridgehead atoms. The number of carbonyl (C=O) groups excluding carboxylic acids is 4. The quantitative estimate of drug-likeness (QED) is 0.269. The van der Waals surface area contributed by atoms with Crippen LogP contribution in [0.5, 0.6) is 0 Å². The number of rotatable bonds is 9. The van der Waals surface area contributed by atoms with Crippen LogP contribution in [0.2, 0.25) is 0 Å². The molecule has 11 nitrogen and oxygen atoms in total. The summed E-state index contributed by atoms with van der Waals surface area (Å²) < 4.78 is 40.2. The fourth-order valence-electron chi connectivity index (χ4n) is 4.32. The number of sulfone groups is 1. The predicted octanol–water partition coefficient (Wildman–Crippen LogP) is 0.170. The Labute approximate surface area is 187 Å². The molecule has 2 rings (SSSR count). The van der Waals surface area contributed by atoms with E-state index in [1.165, 1.54) is 0 Å². The number of nitrogens with one attached hydrogen (secondary N) is 2. The Morgan fingerprint density at radius 3 is 2.38 bits per heavy atom. The summed E-state index contributed by atoms with van der Waals surface area (Å²) in [6, 6.07) is -1.08. The Bertz CT molecular complexity index is 867. The number of alkyl carbamates (subject to hydrolysis) is 1. The van der Waals surface area contributed by atoms with E-state index in [9.17, 15) is 27.6 Å². The highest BCUT2D eigenvalue weighted by molar-refractivity contribution is 7.92. The van der Waals surface area contributed by atoms with Crippen molar-refractivity contribution in [2.75, 3.05) is 19.5 Å². The van der Waals surface area contributed by atoms with Crippen molar-refractivity contribution in [2.24, 2.45) is 17.8 Å². The number of methoxy groups -OCH3 is 1. The molecule has 0 unspecified atom stereocenters. The molecule has 1 saturated carbocycles. The van der Waals surface area contributed by atoms with Crippen LogP contribution >= 0.6 is 0 Å². The molecule has 2 amide bonds. The Hall–Kier alpha value is -2.37. The van der Waals surface area contributed by atoms with E-state index in [-0.39, 0.29) is 19.0 Å². The topological polar surface area (TPSA) is 154 Å². The maximum atomic E-state index is 13.3. The van der Waals surface area contributed by atoms with Gasteiger partial charge >= 0.3 is 12.1 Å². The lowest BCUT2D eigenvalue weighted by atomic mass is 9.91. The SMILES string of the molecule is CC[C@H](C)[C@H](NC(=O)OC(C)(C)C)C(=O)N[C@@]1(C(=O)OC)CS(=O)(=O)[C@H]2[C@H](COC=O)[C@H]21. The van der Waals surface area contributed by atoms with Gasteiger partial charge < -0.3 is 24.8 Å². The highest BCUT2D eigenvalue weighted by Gasteiger charge is 2.77. The molecule has 1 aliphatic carbocycles. The van der Waals surface area contributed by atoms with Gasteiger partial charge in [-0.05, 0) is 26.7 Å².